The van der Waals surface area contributed by atoms with Gasteiger partial charge in [-0.15, -0.1) is 0 Å². The van der Waals surface area contributed by atoms with Crippen LogP contribution in [-0.4, -0.2) is 12.4 Å². The van der Waals surface area contributed by atoms with Gasteiger partial charge in [0.05, 0.1) is 6.10 Å². The molecule has 2 heteroatoms. The fourth-order valence-electron chi connectivity index (χ4n) is 4.48. The number of benzene rings is 3. The minimum absolute atomic E-state index is 0.0716. The zero-order valence-corrected chi connectivity index (χ0v) is 15.3. The van der Waals surface area contributed by atoms with Crippen LogP contribution in [0.3, 0.4) is 0 Å². The molecule has 5 atom stereocenters. The van der Waals surface area contributed by atoms with E-state index in [4.69, 9.17) is 9.47 Å². The highest BCUT2D eigenvalue weighted by atomic mass is 16.8. The van der Waals surface area contributed by atoms with E-state index in [0.29, 0.717) is 11.8 Å². The Balaban J connectivity index is 1.50. The van der Waals surface area contributed by atoms with E-state index in [-0.39, 0.29) is 18.5 Å². The minimum atomic E-state index is -0.0716. The van der Waals surface area contributed by atoms with E-state index in [0.717, 1.165) is 12.8 Å². The summed E-state index contributed by atoms with van der Waals surface area (Å²) in [5.74, 6) is 0.836. The molecule has 3 aromatic rings. The molecular weight excluding hydrogens is 332 g/mol. The highest BCUT2D eigenvalue weighted by molar-refractivity contribution is 5.27. The molecule has 27 heavy (non-hydrogen) atoms. The third-order valence-corrected chi connectivity index (χ3v) is 5.90. The summed E-state index contributed by atoms with van der Waals surface area (Å²) in [4.78, 5) is 0. The molecule has 2 saturated heterocycles. The van der Waals surface area contributed by atoms with Gasteiger partial charge in [-0.3, -0.25) is 0 Å². The van der Waals surface area contributed by atoms with Crippen LogP contribution in [0.25, 0.3) is 0 Å². The number of hydrogen-bond donors (Lipinski definition) is 0. The molecule has 2 nitrogen and oxygen atoms in total. The van der Waals surface area contributed by atoms with Gasteiger partial charge in [-0.25, -0.2) is 0 Å². The zero-order chi connectivity index (χ0) is 18.1. The van der Waals surface area contributed by atoms with Crippen molar-refractivity contribution in [2.75, 3.05) is 0 Å². The first-order chi connectivity index (χ1) is 13.4. The molecule has 0 bridgehead atoms. The summed E-state index contributed by atoms with van der Waals surface area (Å²) in [5.41, 5.74) is 4.00. The monoisotopic (exact) mass is 356 g/mol. The van der Waals surface area contributed by atoms with Crippen molar-refractivity contribution in [3.63, 3.8) is 0 Å². The fourth-order valence-corrected chi connectivity index (χ4v) is 4.48. The van der Waals surface area contributed by atoms with Crippen molar-refractivity contribution in [2.45, 2.75) is 37.3 Å². The first-order valence-corrected chi connectivity index (χ1v) is 9.83. The van der Waals surface area contributed by atoms with Gasteiger partial charge in [0, 0.05) is 5.92 Å². The van der Waals surface area contributed by atoms with Crippen molar-refractivity contribution in [1.29, 1.82) is 0 Å². The lowest BCUT2D eigenvalue weighted by molar-refractivity contribution is -0.0202. The average Bonchev–Trinajstić information content (AvgIpc) is 3.51. The number of hydrogen-bond acceptors (Lipinski definition) is 2. The van der Waals surface area contributed by atoms with Crippen LogP contribution in [0.15, 0.2) is 91.0 Å². The SMILES string of the molecule is c1ccc(CC2C(c3ccccc3)CC(c3ccccc3)OC3OC32)cc1. The second-order valence-corrected chi connectivity index (χ2v) is 7.61. The molecule has 2 aliphatic rings. The lowest BCUT2D eigenvalue weighted by Gasteiger charge is -2.28. The Morgan fingerprint density at radius 2 is 1.26 bits per heavy atom. The molecule has 0 N–H and O–H groups in total. The Labute approximate surface area is 160 Å². The normalized spacial score (nSPS) is 29.6. The van der Waals surface area contributed by atoms with Crippen LogP contribution in [0.4, 0.5) is 0 Å². The second kappa shape index (κ2) is 7.30. The third-order valence-electron chi connectivity index (χ3n) is 5.90. The third kappa shape index (κ3) is 3.55. The number of fused-ring (bicyclic) bond motifs is 1. The molecule has 5 rings (SSSR count). The van der Waals surface area contributed by atoms with E-state index in [9.17, 15) is 0 Å². The number of rotatable bonds is 4. The van der Waals surface area contributed by atoms with Crippen LogP contribution in [-0.2, 0) is 15.9 Å². The minimum Gasteiger partial charge on any atom is -0.342 e. The Bertz CT molecular complexity index is 863. The number of ether oxygens (including phenoxy) is 2. The molecule has 5 unspecified atom stereocenters. The first-order valence-electron chi connectivity index (χ1n) is 9.83. The predicted octanol–water partition coefficient (Wildman–Crippen LogP) is 5.52. The van der Waals surface area contributed by atoms with Gasteiger partial charge in [0.25, 0.3) is 0 Å². The molecule has 3 aromatic carbocycles. The van der Waals surface area contributed by atoms with Gasteiger partial charge in [-0.1, -0.05) is 91.0 Å². The summed E-state index contributed by atoms with van der Waals surface area (Å²) in [7, 11) is 0. The molecule has 0 aromatic heterocycles. The maximum absolute atomic E-state index is 6.37. The van der Waals surface area contributed by atoms with Crippen molar-refractivity contribution in [3.05, 3.63) is 108 Å². The van der Waals surface area contributed by atoms with Crippen molar-refractivity contribution in [1.82, 2.24) is 0 Å². The van der Waals surface area contributed by atoms with E-state index < -0.39 is 0 Å². The topological polar surface area (TPSA) is 21.8 Å². The lowest BCUT2D eigenvalue weighted by Crippen LogP contribution is -2.22. The Kier molecular flexibility index (Phi) is 4.52. The fraction of sp³-hybridized carbons (Fsp3) is 0.280. The highest BCUT2D eigenvalue weighted by Gasteiger charge is 2.53. The molecule has 2 heterocycles. The second-order valence-electron chi connectivity index (χ2n) is 7.61. The van der Waals surface area contributed by atoms with Crippen molar-refractivity contribution in [3.8, 4) is 0 Å². The summed E-state index contributed by atoms with van der Waals surface area (Å²) in [6.07, 6.45) is 2.20. The van der Waals surface area contributed by atoms with Crippen LogP contribution in [0.1, 0.15) is 35.1 Å². The van der Waals surface area contributed by atoms with Crippen LogP contribution in [0.5, 0.6) is 0 Å². The molecule has 0 radical (unpaired) electrons. The van der Waals surface area contributed by atoms with Gasteiger partial charge in [0.1, 0.15) is 6.10 Å². The number of epoxide rings is 1. The average molecular weight is 356 g/mol. The van der Waals surface area contributed by atoms with Crippen molar-refractivity contribution >= 4 is 0 Å². The van der Waals surface area contributed by atoms with Gasteiger partial charge >= 0.3 is 0 Å². The van der Waals surface area contributed by atoms with Gasteiger partial charge in [0.15, 0.2) is 6.29 Å². The van der Waals surface area contributed by atoms with Gasteiger partial charge < -0.3 is 9.47 Å². The maximum atomic E-state index is 6.37. The Morgan fingerprint density at radius 3 is 1.93 bits per heavy atom. The molecule has 0 aliphatic carbocycles. The molecular formula is C25H24O2. The van der Waals surface area contributed by atoms with Crippen LogP contribution >= 0.6 is 0 Å². The lowest BCUT2D eigenvalue weighted by atomic mass is 9.77. The van der Waals surface area contributed by atoms with Gasteiger partial charge in [0.2, 0.25) is 0 Å². The molecule has 2 fully saturated rings. The van der Waals surface area contributed by atoms with Gasteiger partial charge in [-0.2, -0.15) is 0 Å². The summed E-state index contributed by atoms with van der Waals surface area (Å²) in [6, 6.07) is 32.2. The molecule has 136 valence electrons. The van der Waals surface area contributed by atoms with Crippen molar-refractivity contribution < 1.29 is 9.47 Å². The molecule has 2 aliphatic heterocycles. The summed E-state index contributed by atoms with van der Waals surface area (Å²) in [5, 5.41) is 0. The Morgan fingerprint density at radius 1 is 0.667 bits per heavy atom. The van der Waals surface area contributed by atoms with E-state index in [2.05, 4.69) is 91.0 Å². The largest absolute Gasteiger partial charge is 0.342 e. The van der Waals surface area contributed by atoms with Crippen molar-refractivity contribution in [2.24, 2.45) is 5.92 Å². The smallest absolute Gasteiger partial charge is 0.185 e. The highest BCUT2D eigenvalue weighted by Crippen LogP contribution is 2.50. The van der Waals surface area contributed by atoms with Crippen LogP contribution in [0, 0.1) is 5.92 Å². The van der Waals surface area contributed by atoms with Gasteiger partial charge in [-0.05, 0) is 35.4 Å². The van der Waals surface area contributed by atoms with E-state index in [1.165, 1.54) is 16.7 Å². The first kappa shape index (κ1) is 16.7. The van der Waals surface area contributed by atoms with E-state index in [1.54, 1.807) is 0 Å². The quantitative estimate of drug-likeness (QED) is 0.575. The summed E-state index contributed by atoms with van der Waals surface area (Å²) < 4.78 is 12.4. The summed E-state index contributed by atoms with van der Waals surface area (Å²) in [6.45, 7) is 0. The zero-order valence-electron chi connectivity index (χ0n) is 15.3. The van der Waals surface area contributed by atoms with Crippen LogP contribution in [0.2, 0.25) is 0 Å². The van der Waals surface area contributed by atoms with Crippen LogP contribution < -0.4 is 0 Å². The molecule has 0 saturated carbocycles. The predicted molar refractivity (Wildman–Crippen MR) is 106 cm³/mol. The molecule has 0 amide bonds. The van der Waals surface area contributed by atoms with E-state index in [1.807, 2.05) is 0 Å². The summed E-state index contributed by atoms with van der Waals surface area (Å²) >= 11 is 0. The molecule has 0 spiro atoms. The Hall–Kier alpha value is -2.42. The standard InChI is InChI=1S/C25H24O2/c1-4-10-18(11-5-1)16-22-21(19-12-6-2-7-13-19)17-23(26-25-24(22)27-25)20-14-8-3-9-15-20/h1-15,21-25H,16-17H2. The maximum Gasteiger partial charge on any atom is 0.185 e. The van der Waals surface area contributed by atoms with E-state index >= 15 is 0 Å².